The summed E-state index contributed by atoms with van der Waals surface area (Å²) < 4.78 is 5.58. The molecule has 0 saturated carbocycles. The molecule has 3 rings (SSSR count). The Hall–Kier alpha value is -3.13. The second-order valence-electron chi connectivity index (χ2n) is 5.79. The number of aromatic amines is 1. The van der Waals surface area contributed by atoms with Gasteiger partial charge in [-0.1, -0.05) is 18.2 Å². The number of anilines is 1. The zero-order valence-corrected chi connectivity index (χ0v) is 15.6. The maximum atomic E-state index is 12.2. The Bertz CT molecular complexity index is 948. The number of nitrogens with two attached hydrogens (primary N) is 1. The lowest BCUT2D eigenvalue weighted by atomic mass is 10.1. The number of carbonyl (C=O) groups excluding carboxylic acids is 2. The van der Waals surface area contributed by atoms with Crippen molar-refractivity contribution >= 4 is 28.3 Å². The van der Waals surface area contributed by atoms with Crippen LogP contribution in [0.1, 0.15) is 29.4 Å². The van der Waals surface area contributed by atoms with Gasteiger partial charge >= 0.3 is 0 Å². The van der Waals surface area contributed by atoms with E-state index < -0.39 is 5.91 Å². The predicted octanol–water partition coefficient (Wildman–Crippen LogP) is 3.21. The molecule has 27 heavy (non-hydrogen) atoms. The average Bonchev–Trinajstić information content (AvgIpc) is 3.30. The van der Waals surface area contributed by atoms with Crippen LogP contribution in [0.3, 0.4) is 0 Å². The molecule has 2 aromatic heterocycles. The molecule has 4 N–H and O–H groups in total. The minimum absolute atomic E-state index is 0.117. The van der Waals surface area contributed by atoms with Crippen LogP contribution in [0, 0.1) is 0 Å². The zero-order valence-electron chi connectivity index (χ0n) is 14.8. The fraction of sp³-hybridized carbons (Fsp3) is 0.211. The molecular formula is C19H20N4O3S. The summed E-state index contributed by atoms with van der Waals surface area (Å²) in [6.45, 7) is 2.52. The van der Waals surface area contributed by atoms with Crippen molar-refractivity contribution in [2.24, 2.45) is 5.73 Å². The molecule has 0 aliphatic rings. The molecule has 1 aromatic carbocycles. The van der Waals surface area contributed by atoms with E-state index in [1.807, 2.05) is 36.6 Å². The standard InChI is InChI=1S/C19H20N4O3S/c1-2-26-16-6-4-3-5-12(16)7-8-17(24)23-19-22-15(11-27-19)13-9-14(18(20)25)21-10-13/h3-6,9-11,21H,2,7-8H2,1H3,(H2,20,25)(H,22,23,24). The van der Waals surface area contributed by atoms with E-state index in [9.17, 15) is 9.59 Å². The van der Waals surface area contributed by atoms with Crippen molar-refractivity contribution in [2.75, 3.05) is 11.9 Å². The number of nitrogens with one attached hydrogen (secondary N) is 2. The molecule has 140 valence electrons. The van der Waals surface area contributed by atoms with Crippen LogP contribution >= 0.6 is 11.3 Å². The summed E-state index contributed by atoms with van der Waals surface area (Å²) in [6, 6.07) is 9.34. The number of amides is 2. The SMILES string of the molecule is CCOc1ccccc1CCC(=O)Nc1nc(-c2c[nH]c(C(N)=O)c2)cs1. The number of primary amides is 1. The van der Waals surface area contributed by atoms with E-state index in [0.29, 0.717) is 36.0 Å². The fourth-order valence-corrected chi connectivity index (χ4v) is 3.32. The van der Waals surface area contributed by atoms with Gasteiger partial charge in [-0.3, -0.25) is 9.59 Å². The molecule has 0 unspecified atom stereocenters. The highest BCUT2D eigenvalue weighted by Gasteiger charge is 2.12. The van der Waals surface area contributed by atoms with E-state index in [-0.39, 0.29) is 5.91 Å². The first-order valence-electron chi connectivity index (χ1n) is 8.51. The minimum atomic E-state index is -0.530. The normalized spacial score (nSPS) is 10.6. The number of carbonyl (C=O) groups is 2. The number of rotatable bonds is 8. The van der Waals surface area contributed by atoms with Gasteiger partial charge in [0.05, 0.1) is 12.3 Å². The molecule has 7 nitrogen and oxygen atoms in total. The topological polar surface area (TPSA) is 110 Å². The summed E-state index contributed by atoms with van der Waals surface area (Å²) in [4.78, 5) is 30.6. The smallest absolute Gasteiger partial charge is 0.265 e. The van der Waals surface area contributed by atoms with Crippen molar-refractivity contribution in [3.8, 4) is 17.0 Å². The fourth-order valence-electron chi connectivity index (χ4n) is 2.58. The third-order valence-corrected chi connectivity index (χ3v) is 4.65. The van der Waals surface area contributed by atoms with E-state index in [0.717, 1.165) is 16.9 Å². The molecule has 2 heterocycles. The van der Waals surface area contributed by atoms with Crippen LogP contribution in [0.25, 0.3) is 11.3 Å². The van der Waals surface area contributed by atoms with Crippen LogP contribution in [0.2, 0.25) is 0 Å². The van der Waals surface area contributed by atoms with Crippen molar-refractivity contribution in [3.63, 3.8) is 0 Å². The summed E-state index contributed by atoms with van der Waals surface area (Å²) in [5.74, 6) is 0.161. The number of hydrogen-bond acceptors (Lipinski definition) is 5. The largest absolute Gasteiger partial charge is 0.494 e. The van der Waals surface area contributed by atoms with Gasteiger partial charge in [0.1, 0.15) is 11.4 Å². The molecule has 0 atom stereocenters. The van der Waals surface area contributed by atoms with Crippen LogP contribution in [0.4, 0.5) is 5.13 Å². The van der Waals surface area contributed by atoms with Gasteiger partial charge in [0.25, 0.3) is 5.91 Å². The number of benzene rings is 1. The number of thiazole rings is 1. The minimum Gasteiger partial charge on any atom is -0.494 e. The zero-order chi connectivity index (χ0) is 19.2. The van der Waals surface area contributed by atoms with Crippen molar-refractivity contribution < 1.29 is 14.3 Å². The molecule has 0 aliphatic carbocycles. The lowest BCUT2D eigenvalue weighted by Gasteiger charge is -2.09. The predicted molar refractivity (Wildman–Crippen MR) is 105 cm³/mol. The Morgan fingerprint density at radius 1 is 1.33 bits per heavy atom. The van der Waals surface area contributed by atoms with Gasteiger partial charge in [0.15, 0.2) is 5.13 Å². The molecule has 0 fully saturated rings. The second kappa shape index (κ2) is 8.50. The van der Waals surface area contributed by atoms with Crippen molar-refractivity contribution in [2.45, 2.75) is 19.8 Å². The van der Waals surface area contributed by atoms with Crippen LogP contribution in [-0.2, 0) is 11.2 Å². The Labute approximate surface area is 160 Å². The number of H-pyrrole nitrogens is 1. The molecule has 0 aliphatic heterocycles. The summed E-state index contributed by atoms with van der Waals surface area (Å²) in [7, 11) is 0. The van der Waals surface area contributed by atoms with Crippen LogP contribution in [0.15, 0.2) is 41.9 Å². The third kappa shape index (κ3) is 4.73. The van der Waals surface area contributed by atoms with Crippen molar-refractivity contribution in [3.05, 3.63) is 53.2 Å². The van der Waals surface area contributed by atoms with Gasteiger partial charge in [0, 0.05) is 23.6 Å². The van der Waals surface area contributed by atoms with Crippen molar-refractivity contribution in [1.29, 1.82) is 0 Å². The molecule has 8 heteroatoms. The number of aryl methyl sites for hydroxylation is 1. The average molecular weight is 384 g/mol. The molecule has 0 radical (unpaired) electrons. The second-order valence-corrected chi connectivity index (χ2v) is 6.65. The Morgan fingerprint density at radius 3 is 2.89 bits per heavy atom. The number of ether oxygens (including phenoxy) is 1. The van der Waals surface area contributed by atoms with Crippen molar-refractivity contribution in [1.82, 2.24) is 9.97 Å². The number of para-hydroxylation sites is 1. The summed E-state index contributed by atoms with van der Waals surface area (Å²) in [6.07, 6.45) is 2.57. The Kier molecular flexibility index (Phi) is 5.87. The van der Waals surface area contributed by atoms with Gasteiger partial charge in [-0.2, -0.15) is 0 Å². The summed E-state index contributed by atoms with van der Waals surface area (Å²) >= 11 is 1.33. The Morgan fingerprint density at radius 2 is 2.15 bits per heavy atom. The number of nitrogens with zero attached hydrogens (tertiary/aromatic N) is 1. The summed E-state index contributed by atoms with van der Waals surface area (Å²) in [5, 5.41) is 5.13. The third-order valence-electron chi connectivity index (χ3n) is 3.89. The highest BCUT2D eigenvalue weighted by atomic mass is 32.1. The van der Waals surface area contributed by atoms with E-state index in [1.54, 1.807) is 12.3 Å². The first-order valence-corrected chi connectivity index (χ1v) is 9.39. The van der Waals surface area contributed by atoms with Gasteiger partial charge in [-0.25, -0.2) is 4.98 Å². The van der Waals surface area contributed by atoms with Gasteiger partial charge in [0.2, 0.25) is 5.91 Å². The highest BCUT2D eigenvalue weighted by Crippen LogP contribution is 2.26. The van der Waals surface area contributed by atoms with E-state index in [4.69, 9.17) is 10.5 Å². The Balaban J connectivity index is 1.59. The van der Waals surface area contributed by atoms with E-state index in [2.05, 4.69) is 15.3 Å². The number of hydrogen-bond donors (Lipinski definition) is 3. The quantitative estimate of drug-likeness (QED) is 0.554. The number of aromatic nitrogens is 2. The van der Waals surface area contributed by atoms with Gasteiger partial charge in [-0.05, 0) is 31.0 Å². The highest BCUT2D eigenvalue weighted by molar-refractivity contribution is 7.14. The maximum absolute atomic E-state index is 12.2. The van der Waals surface area contributed by atoms with Crippen LogP contribution in [0.5, 0.6) is 5.75 Å². The lowest BCUT2D eigenvalue weighted by molar-refractivity contribution is -0.116. The van der Waals surface area contributed by atoms with Gasteiger partial charge in [-0.15, -0.1) is 11.3 Å². The first-order chi connectivity index (χ1) is 13.1. The maximum Gasteiger partial charge on any atom is 0.265 e. The monoisotopic (exact) mass is 384 g/mol. The molecule has 0 bridgehead atoms. The van der Waals surface area contributed by atoms with E-state index in [1.165, 1.54) is 11.3 Å². The van der Waals surface area contributed by atoms with Crippen LogP contribution in [-0.4, -0.2) is 28.4 Å². The van der Waals surface area contributed by atoms with E-state index >= 15 is 0 Å². The molecule has 2 amide bonds. The molecule has 0 spiro atoms. The molecule has 3 aromatic rings. The van der Waals surface area contributed by atoms with Crippen LogP contribution < -0.4 is 15.8 Å². The first kappa shape index (κ1) is 18.7. The summed E-state index contributed by atoms with van der Waals surface area (Å²) in [5.41, 5.74) is 7.96. The lowest BCUT2D eigenvalue weighted by Crippen LogP contribution is -2.12. The van der Waals surface area contributed by atoms with Gasteiger partial charge < -0.3 is 20.8 Å². The molecular weight excluding hydrogens is 364 g/mol. The molecule has 0 saturated heterocycles.